The van der Waals surface area contributed by atoms with Crippen LogP contribution in [0.5, 0.6) is 0 Å². The lowest BCUT2D eigenvalue weighted by atomic mass is 9.98. The zero-order valence-electron chi connectivity index (χ0n) is 30.4. The van der Waals surface area contributed by atoms with Gasteiger partial charge in [0.25, 0.3) is 0 Å². The Morgan fingerprint density at radius 2 is 0.860 bits per heavy atom. The molecule has 0 N–H and O–H groups in total. The Kier molecular flexibility index (Phi) is 6.83. The topological polar surface area (TPSA) is 69.9 Å². The third kappa shape index (κ3) is 5.01. The molecule has 12 rings (SSSR count). The molecule has 0 amide bonds. The number of hydrogen-bond donors (Lipinski definition) is 0. The van der Waals surface area contributed by atoms with E-state index in [0.29, 0.717) is 17.6 Å². The van der Waals surface area contributed by atoms with Crippen LogP contribution in [-0.2, 0) is 0 Å². The van der Waals surface area contributed by atoms with Crippen LogP contribution >= 0.6 is 0 Å². The molecule has 0 aliphatic carbocycles. The summed E-state index contributed by atoms with van der Waals surface area (Å²) in [5.74, 6) is 1.80. The molecule has 6 heteroatoms. The number of rotatable bonds is 5. The maximum Gasteiger partial charge on any atom is 0.238 e. The van der Waals surface area contributed by atoms with Crippen molar-refractivity contribution < 1.29 is 8.83 Å². The zero-order chi connectivity index (χ0) is 37.5. The highest BCUT2D eigenvalue weighted by Gasteiger charge is 2.19. The van der Waals surface area contributed by atoms with E-state index in [1.165, 1.54) is 0 Å². The molecule has 12 aromatic rings. The number of furan rings is 2. The third-order valence-electron chi connectivity index (χ3n) is 11.1. The van der Waals surface area contributed by atoms with E-state index in [0.717, 1.165) is 99.1 Å². The molecule has 0 aliphatic rings. The van der Waals surface area contributed by atoms with Gasteiger partial charge in [0.15, 0.2) is 11.6 Å². The van der Waals surface area contributed by atoms with Gasteiger partial charge in [-0.2, -0.15) is 9.97 Å². The first-order chi connectivity index (χ1) is 28.2. The Morgan fingerprint density at radius 1 is 0.333 bits per heavy atom. The molecule has 0 atom stereocenters. The lowest BCUT2D eigenvalue weighted by molar-refractivity contribution is 0.668. The van der Waals surface area contributed by atoms with Crippen LogP contribution in [0.3, 0.4) is 0 Å². The number of fused-ring (bicyclic) bond motifs is 9. The van der Waals surface area contributed by atoms with Crippen LogP contribution in [0, 0.1) is 0 Å². The molecule has 6 nitrogen and oxygen atoms in total. The van der Waals surface area contributed by atoms with Crippen LogP contribution in [0.2, 0.25) is 0 Å². The van der Waals surface area contributed by atoms with E-state index >= 15 is 0 Å². The van der Waals surface area contributed by atoms with Crippen LogP contribution in [0.15, 0.2) is 191 Å². The standard InChI is InChI=1S/C51H30N4O2/c1-2-11-32(12-3-1)49-52-50(54-51(53-49)55-42-17-7-4-13-37(42)38-14-5-8-18-43(38)55)33-23-21-31(22-24-33)34-25-27-39-40-28-26-35(30-47(40)57-46(39)29-34)36-16-10-20-45-48(36)41-15-6-9-19-44(41)56-45/h1-30H. The lowest BCUT2D eigenvalue weighted by Gasteiger charge is -2.11. The Morgan fingerprint density at radius 3 is 1.58 bits per heavy atom. The second-order valence-electron chi connectivity index (χ2n) is 14.4. The minimum absolute atomic E-state index is 0.577. The maximum atomic E-state index is 6.56. The predicted molar refractivity (Wildman–Crippen MR) is 230 cm³/mol. The van der Waals surface area contributed by atoms with Gasteiger partial charge in [0.05, 0.1) is 11.0 Å². The summed E-state index contributed by atoms with van der Waals surface area (Å²) in [6.07, 6.45) is 0. The smallest absolute Gasteiger partial charge is 0.238 e. The van der Waals surface area contributed by atoms with Crippen molar-refractivity contribution in [2.75, 3.05) is 0 Å². The maximum absolute atomic E-state index is 6.56. The molecule has 0 spiro atoms. The predicted octanol–water partition coefficient (Wildman–Crippen LogP) is 13.4. The first-order valence-corrected chi connectivity index (χ1v) is 19.0. The van der Waals surface area contributed by atoms with Crippen molar-refractivity contribution in [3.63, 3.8) is 0 Å². The first-order valence-electron chi connectivity index (χ1n) is 19.0. The van der Waals surface area contributed by atoms with Gasteiger partial charge in [0, 0.05) is 43.4 Å². The average molecular weight is 731 g/mol. The van der Waals surface area contributed by atoms with Crippen molar-refractivity contribution in [2.45, 2.75) is 0 Å². The largest absolute Gasteiger partial charge is 0.456 e. The Balaban J connectivity index is 0.929. The summed E-state index contributed by atoms with van der Waals surface area (Å²) in [6, 6.07) is 62.7. The van der Waals surface area contributed by atoms with E-state index in [9.17, 15) is 0 Å². The van der Waals surface area contributed by atoms with Crippen molar-refractivity contribution >= 4 is 65.7 Å². The molecule has 266 valence electrons. The first kappa shape index (κ1) is 31.5. The van der Waals surface area contributed by atoms with E-state index < -0.39 is 0 Å². The van der Waals surface area contributed by atoms with E-state index in [4.69, 9.17) is 23.8 Å². The Hall–Kier alpha value is -7.83. The van der Waals surface area contributed by atoms with Crippen molar-refractivity contribution in [2.24, 2.45) is 0 Å². The van der Waals surface area contributed by atoms with Crippen molar-refractivity contribution in [3.05, 3.63) is 182 Å². The number of para-hydroxylation sites is 3. The van der Waals surface area contributed by atoms with E-state index in [2.05, 4.69) is 132 Å². The fourth-order valence-electron chi connectivity index (χ4n) is 8.40. The fraction of sp³-hybridized carbons (Fsp3) is 0. The van der Waals surface area contributed by atoms with Gasteiger partial charge >= 0.3 is 0 Å². The molecule has 0 unspecified atom stereocenters. The normalized spacial score (nSPS) is 11.9. The number of hydrogen-bond acceptors (Lipinski definition) is 5. The highest BCUT2D eigenvalue weighted by molar-refractivity contribution is 6.14. The fourth-order valence-corrected chi connectivity index (χ4v) is 8.40. The Bertz CT molecular complexity index is 3470. The monoisotopic (exact) mass is 730 g/mol. The molecule has 8 aromatic carbocycles. The average Bonchev–Trinajstić information content (AvgIpc) is 3.95. The van der Waals surface area contributed by atoms with E-state index in [1.807, 2.05) is 54.6 Å². The summed E-state index contributed by atoms with van der Waals surface area (Å²) in [4.78, 5) is 15.2. The van der Waals surface area contributed by atoms with Gasteiger partial charge in [-0.1, -0.05) is 133 Å². The van der Waals surface area contributed by atoms with Crippen molar-refractivity contribution in [1.29, 1.82) is 0 Å². The molecule has 57 heavy (non-hydrogen) atoms. The number of nitrogens with zero attached hydrogens (tertiary/aromatic N) is 4. The van der Waals surface area contributed by atoms with Crippen LogP contribution in [-0.4, -0.2) is 19.5 Å². The van der Waals surface area contributed by atoms with Gasteiger partial charge in [-0.25, -0.2) is 4.98 Å². The van der Waals surface area contributed by atoms with Gasteiger partial charge in [-0.15, -0.1) is 0 Å². The summed E-state index contributed by atoms with van der Waals surface area (Å²) < 4.78 is 14.9. The molecule has 4 heterocycles. The molecular formula is C51H30N4O2. The minimum Gasteiger partial charge on any atom is -0.456 e. The summed E-state index contributed by atoms with van der Waals surface area (Å²) in [5, 5.41) is 6.71. The van der Waals surface area contributed by atoms with Gasteiger partial charge in [0.1, 0.15) is 22.3 Å². The molecule has 0 aliphatic heterocycles. The molecule has 0 fully saturated rings. The van der Waals surface area contributed by atoms with E-state index in [1.54, 1.807) is 0 Å². The quantitative estimate of drug-likeness (QED) is 0.176. The van der Waals surface area contributed by atoms with Crippen LogP contribution in [0.1, 0.15) is 0 Å². The van der Waals surface area contributed by atoms with Crippen molar-refractivity contribution in [3.8, 4) is 51.0 Å². The zero-order valence-corrected chi connectivity index (χ0v) is 30.4. The molecule has 0 bridgehead atoms. The second kappa shape index (κ2) is 12.3. The Labute approximate surface area is 325 Å². The van der Waals surface area contributed by atoms with Crippen LogP contribution in [0.25, 0.3) is 117 Å². The van der Waals surface area contributed by atoms with Gasteiger partial charge < -0.3 is 8.83 Å². The van der Waals surface area contributed by atoms with Gasteiger partial charge in [-0.05, 0) is 70.8 Å². The molecule has 0 saturated carbocycles. The highest BCUT2D eigenvalue weighted by atomic mass is 16.3. The third-order valence-corrected chi connectivity index (χ3v) is 11.1. The lowest BCUT2D eigenvalue weighted by Crippen LogP contribution is -2.06. The van der Waals surface area contributed by atoms with Gasteiger partial charge in [0.2, 0.25) is 5.95 Å². The van der Waals surface area contributed by atoms with Crippen LogP contribution in [0.4, 0.5) is 0 Å². The number of benzene rings is 8. The summed E-state index contributed by atoms with van der Waals surface area (Å²) in [7, 11) is 0. The molecular weight excluding hydrogens is 701 g/mol. The molecule has 4 aromatic heterocycles. The van der Waals surface area contributed by atoms with E-state index in [-0.39, 0.29) is 0 Å². The molecule has 0 radical (unpaired) electrons. The SMILES string of the molecule is c1ccc(-c2nc(-c3ccc(-c4ccc5c(c4)oc4cc(-c6cccc7oc8ccccc8c67)ccc45)cc3)nc(-n3c4ccccc4c4ccccc43)n2)cc1. The molecule has 0 saturated heterocycles. The second-order valence-corrected chi connectivity index (χ2v) is 14.4. The van der Waals surface area contributed by atoms with Gasteiger partial charge in [-0.3, -0.25) is 4.57 Å². The van der Waals surface area contributed by atoms with Crippen molar-refractivity contribution in [1.82, 2.24) is 19.5 Å². The summed E-state index contributed by atoms with van der Waals surface area (Å²) in [6.45, 7) is 0. The van der Waals surface area contributed by atoms with Crippen LogP contribution < -0.4 is 0 Å². The summed E-state index contributed by atoms with van der Waals surface area (Å²) >= 11 is 0. The number of aromatic nitrogens is 4. The minimum atomic E-state index is 0.577. The highest BCUT2D eigenvalue weighted by Crippen LogP contribution is 2.40. The summed E-state index contributed by atoms with van der Waals surface area (Å²) in [5.41, 5.74) is 11.7.